The highest BCUT2D eigenvalue weighted by molar-refractivity contribution is 5.78. The van der Waals surface area contributed by atoms with Gasteiger partial charge in [-0.25, -0.2) is 0 Å². The summed E-state index contributed by atoms with van der Waals surface area (Å²) in [6.45, 7) is 0.382. The van der Waals surface area contributed by atoms with E-state index in [2.05, 4.69) is 5.16 Å². The fraction of sp³-hybridized carbons (Fsp3) is 0.412. The molecule has 2 aromatic rings. The van der Waals surface area contributed by atoms with Gasteiger partial charge < -0.3 is 14.5 Å². The first kappa shape index (κ1) is 14.8. The number of rotatable bonds is 6. The van der Waals surface area contributed by atoms with Crippen LogP contribution >= 0.6 is 0 Å². The Morgan fingerprint density at radius 1 is 1.41 bits per heavy atom. The largest absolute Gasteiger partial charge is 0.391 e. The van der Waals surface area contributed by atoms with Crippen molar-refractivity contribution < 1.29 is 14.4 Å². The van der Waals surface area contributed by atoms with Crippen LogP contribution in [0.4, 0.5) is 0 Å². The van der Waals surface area contributed by atoms with E-state index >= 15 is 0 Å². The Labute approximate surface area is 129 Å². The smallest absolute Gasteiger partial charge is 0.228 e. The van der Waals surface area contributed by atoms with Crippen LogP contribution in [0.5, 0.6) is 0 Å². The third-order valence-corrected chi connectivity index (χ3v) is 4.00. The molecule has 0 saturated heterocycles. The van der Waals surface area contributed by atoms with Gasteiger partial charge in [0.05, 0.1) is 18.2 Å². The van der Waals surface area contributed by atoms with Crippen molar-refractivity contribution in [1.82, 2.24) is 10.1 Å². The summed E-state index contributed by atoms with van der Waals surface area (Å²) in [4.78, 5) is 13.7. The van der Waals surface area contributed by atoms with E-state index in [4.69, 9.17) is 4.52 Å². The molecule has 0 aliphatic heterocycles. The number of carbonyl (C=O) groups excluding carboxylic acids is 1. The number of hydrogen-bond acceptors (Lipinski definition) is 4. The Morgan fingerprint density at radius 3 is 2.82 bits per heavy atom. The fourth-order valence-electron chi connectivity index (χ4n) is 2.44. The summed E-state index contributed by atoms with van der Waals surface area (Å²) < 4.78 is 5.29. The molecular weight excluding hydrogens is 280 g/mol. The zero-order valence-corrected chi connectivity index (χ0v) is 12.6. The Hall–Kier alpha value is -2.14. The summed E-state index contributed by atoms with van der Waals surface area (Å²) in [5, 5.41) is 13.9. The number of aliphatic hydroxyl groups excluding tert-OH is 1. The molecule has 0 radical (unpaired) electrons. The third-order valence-electron chi connectivity index (χ3n) is 4.00. The van der Waals surface area contributed by atoms with Gasteiger partial charge in [0.25, 0.3) is 0 Å². The van der Waals surface area contributed by atoms with Crippen molar-refractivity contribution in [3.63, 3.8) is 0 Å². The highest BCUT2D eigenvalue weighted by atomic mass is 16.5. The minimum Gasteiger partial charge on any atom is -0.391 e. The van der Waals surface area contributed by atoms with Crippen molar-refractivity contribution in [2.75, 3.05) is 13.6 Å². The molecule has 1 saturated carbocycles. The van der Waals surface area contributed by atoms with E-state index in [9.17, 15) is 9.90 Å². The zero-order chi connectivity index (χ0) is 15.5. The van der Waals surface area contributed by atoms with Crippen molar-refractivity contribution in [2.45, 2.75) is 25.4 Å². The molecule has 1 atom stereocenters. The predicted molar refractivity (Wildman–Crippen MR) is 82.0 cm³/mol. The number of amides is 1. The number of aromatic nitrogens is 1. The van der Waals surface area contributed by atoms with Crippen LogP contribution in [0.15, 0.2) is 40.9 Å². The topological polar surface area (TPSA) is 66.6 Å². The summed E-state index contributed by atoms with van der Waals surface area (Å²) in [6.07, 6.45) is 1.90. The zero-order valence-electron chi connectivity index (χ0n) is 12.6. The number of aliphatic hydroxyl groups is 1. The number of likely N-dealkylation sites (N-methyl/N-ethyl adjacent to an activating group) is 1. The first-order valence-electron chi connectivity index (χ1n) is 7.56. The van der Waals surface area contributed by atoms with Crippen molar-refractivity contribution in [2.24, 2.45) is 5.92 Å². The quantitative estimate of drug-likeness (QED) is 0.887. The second-order valence-electron chi connectivity index (χ2n) is 5.90. The van der Waals surface area contributed by atoms with Crippen LogP contribution in [-0.4, -0.2) is 40.8 Å². The maximum absolute atomic E-state index is 12.2. The van der Waals surface area contributed by atoms with E-state index in [0.717, 1.165) is 18.4 Å². The van der Waals surface area contributed by atoms with Gasteiger partial charge in [0.1, 0.15) is 0 Å². The van der Waals surface area contributed by atoms with Crippen LogP contribution in [0.25, 0.3) is 11.3 Å². The van der Waals surface area contributed by atoms with Gasteiger partial charge in [-0.05, 0) is 18.8 Å². The van der Waals surface area contributed by atoms with Crippen LogP contribution in [-0.2, 0) is 11.2 Å². The molecule has 1 fully saturated rings. The SMILES string of the molecule is CN(CC(O)C1CC1)C(=O)Cc1cc(-c2ccccc2)on1. The van der Waals surface area contributed by atoms with Gasteiger partial charge in [-0.2, -0.15) is 0 Å². The molecular formula is C17H20N2O3. The molecule has 1 N–H and O–H groups in total. The molecule has 1 aromatic carbocycles. The van der Waals surface area contributed by atoms with Crippen molar-refractivity contribution >= 4 is 5.91 Å². The summed E-state index contributed by atoms with van der Waals surface area (Å²) >= 11 is 0. The monoisotopic (exact) mass is 300 g/mol. The number of carbonyl (C=O) groups is 1. The third kappa shape index (κ3) is 3.54. The number of nitrogens with zero attached hydrogens (tertiary/aromatic N) is 2. The Morgan fingerprint density at radius 2 is 2.14 bits per heavy atom. The Bertz CT molecular complexity index is 634. The molecule has 1 aromatic heterocycles. The van der Waals surface area contributed by atoms with Crippen molar-refractivity contribution in [3.8, 4) is 11.3 Å². The summed E-state index contributed by atoms with van der Waals surface area (Å²) in [5.74, 6) is 0.962. The summed E-state index contributed by atoms with van der Waals surface area (Å²) in [7, 11) is 1.71. The molecule has 5 nitrogen and oxygen atoms in total. The average Bonchev–Trinajstić information content (AvgIpc) is 3.28. The van der Waals surface area contributed by atoms with Crippen molar-refractivity contribution in [3.05, 3.63) is 42.1 Å². The van der Waals surface area contributed by atoms with Gasteiger partial charge in [0.15, 0.2) is 5.76 Å². The first-order chi connectivity index (χ1) is 10.6. The van der Waals surface area contributed by atoms with Crippen LogP contribution in [0.3, 0.4) is 0 Å². The molecule has 1 aliphatic rings. The maximum Gasteiger partial charge on any atom is 0.228 e. The molecule has 22 heavy (non-hydrogen) atoms. The lowest BCUT2D eigenvalue weighted by Crippen LogP contribution is -2.36. The van der Waals surface area contributed by atoms with E-state index in [0.29, 0.717) is 23.9 Å². The van der Waals surface area contributed by atoms with Crippen LogP contribution < -0.4 is 0 Å². The Kier molecular flexibility index (Phi) is 4.24. The average molecular weight is 300 g/mol. The molecule has 1 heterocycles. The second kappa shape index (κ2) is 6.32. The van der Waals surface area contributed by atoms with E-state index in [1.54, 1.807) is 18.0 Å². The van der Waals surface area contributed by atoms with Crippen LogP contribution in [0.2, 0.25) is 0 Å². The van der Waals surface area contributed by atoms with Gasteiger partial charge in [0.2, 0.25) is 5.91 Å². The first-order valence-corrected chi connectivity index (χ1v) is 7.56. The summed E-state index contributed by atoms with van der Waals surface area (Å²) in [5.41, 5.74) is 1.54. The lowest BCUT2D eigenvalue weighted by atomic mass is 10.1. The Balaban J connectivity index is 1.58. The van der Waals surface area contributed by atoms with Crippen LogP contribution in [0.1, 0.15) is 18.5 Å². The van der Waals surface area contributed by atoms with Gasteiger partial charge in [0, 0.05) is 25.2 Å². The number of benzene rings is 1. The van der Waals surface area contributed by atoms with Gasteiger partial charge >= 0.3 is 0 Å². The van der Waals surface area contributed by atoms with E-state index < -0.39 is 6.10 Å². The fourth-order valence-corrected chi connectivity index (χ4v) is 2.44. The van der Waals surface area contributed by atoms with Gasteiger partial charge in [-0.15, -0.1) is 0 Å². The van der Waals surface area contributed by atoms with Gasteiger partial charge in [-0.1, -0.05) is 35.5 Å². The second-order valence-corrected chi connectivity index (χ2v) is 5.90. The standard InChI is InChI=1S/C17H20N2O3/c1-19(11-15(20)12-7-8-12)17(21)10-14-9-16(22-18-14)13-5-3-2-4-6-13/h2-6,9,12,15,20H,7-8,10-11H2,1H3. The molecule has 0 bridgehead atoms. The molecule has 1 amide bonds. The van der Waals surface area contributed by atoms with Crippen molar-refractivity contribution in [1.29, 1.82) is 0 Å². The summed E-state index contributed by atoms with van der Waals surface area (Å²) in [6, 6.07) is 11.4. The molecule has 1 unspecified atom stereocenters. The molecule has 3 rings (SSSR count). The normalized spacial score (nSPS) is 15.5. The molecule has 116 valence electrons. The highest BCUT2D eigenvalue weighted by Gasteiger charge is 2.31. The molecule has 0 spiro atoms. The highest BCUT2D eigenvalue weighted by Crippen LogP contribution is 2.32. The maximum atomic E-state index is 12.2. The van der Waals surface area contributed by atoms with E-state index in [1.165, 1.54) is 0 Å². The predicted octanol–water partition coefficient (Wildman–Crippen LogP) is 2.11. The van der Waals surface area contributed by atoms with E-state index in [1.807, 2.05) is 30.3 Å². The van der Waals surface area contributed by atoms with Gasteiger partial charge in [-0.3, -0.25) is 4.79 Å². The van der Waals surface area contributed by atoms with E-state index in [-0.39, 0.29) is 12.3 Å². The lowest BCUT2D eigenvalue weighted by Gasteiger charge is -2.20. The van der Waals surface area contributed by atoms with Crippen LogP contribution in [0, 0.1) is 5.92 Å². The molecule has 5 heteroatoms. The minimum atomic E-state index is -0.411. The minimum absolute atomic E-state index is 0.0624. The number of hydrogen-bond donors (Lipinski definition) is 1. The lowest BCUT2D eigenvalue weighted by molar-refractivity contribution is -0.130. The molecule has 1 aliphatic carbocycles.